The molecule has 1 aliphatic carbocycles. The Morgan fingerprint density at radius 2 is 1.88 bits per heavy atom. The number of hydrogen-bond donors (Lipinski definition) is 5. The Balaban J connectivity index is 2.07. The van der Waals surface area contributed by atoms with Gasteiger partial charge in [-0.3, -0.25) is 4.79 Å². The molecule has 0 aromatic heterocycles. The average Bonchev–Trinajstić information content (AvgIpc) is 3.06. The molecule has 96 valence electrons. The van der Waals surface area contributed by atoms with Crippen molar-refractivity contribution < 1.29 is 24.6 Å². The number of carboxylic acid groups (broad SMARTS) is 1. The van der Waals surface area contributed by atoms with Crippen LogP contribution in [0.2, 0.25) is 0 Å². The molecule has 0 bridgehead atoms. The van der Waals surface area contributed by atoms with E-state index in [0.29, 0.717) is 0 Å². The van der Waals surface area contributed by atoms with Crippen molar-refractivity contribution >= 4 is 17.9 Å². The number of amides is 3. The van der Waals surface area contributed by atoms with Crippen molar-refractivity contribution in [2.45, 2.75) is 25.0 Å². The first kappa shape index (κ1) is 13.2. The molecule has 17 heavy (non-hydrogen) atoms. The Hall–Kier alpha value is -1.83. The maximum atomic E-state index is 11.1. The fraction of sp³-hybridized carbons (Fsp3) is 0.667. The van der Waals surface area contributed by atoms with E-state index in [1.807, 2.05) is 0 Å². The van der Waals surface area contributed by atoms with Crippen LogP contribution >= 0.6 is 0 Å². The standard InChI is InChI=1S/C9H15N3O5/c13-6(8(15)16)3-10-9(17)11-4-7(14)12-5-1-2-5/h5-6,13H,1-4H2,(H,12,14)(H,15,16)(H2,10,11,17)/t6-/m0/s1. The number of rotatable bonds is 6. The smallest absolute Gasteiger partial charge is 0.334 e. The number of aliphatic hydroxyl groups is 1. The minimum Gasteiger partial charge on any atom is -0.479 e. The highest BCUT2D eigenvalue weighted by Crippen LogP contribution is 2.17. The highest BCUT2D eigenvalue weighted by molar-refractivity contribution is 5.84. The van der Waals surface area contributed by atoms with E-state index in [1.165, 1.54) is 0 Å². The zero-order valence-electron chi connectivity index (χ0n) is 9.10. The van der Waals surface area contributed by atoms with Crippen LogP contribution in [0.3, 0.4) is 0 Å². The van der Waals surface area contributed by atoms with Crippen molar-refractivity contribution in [3.05, 3.63) is 0 Å². The largest absolute Gasteiger partial charge is 0.479 e. The lowest BCUT2D eigenvalue weighted by molar-refractivity contribution is -0.146. The number of urea groups is 1. The van der Waals surface area contributed by atoms with Crippen LogP contribution in [0.25, 0.3) is 0 Å². The molecule has 0 radical (unpaired) electrons. The van der Waals surface area contributed by atoms with Gasteiger partial charge in [0, 0.05) is 6.04 Å². The normalized spacial score (nSPS) is 15.8. The van der Waals surface area contributed by atoms with Gasteiger partial charge in [0.15, 0.2) is 6.10 Å². The summed E-state index contributed by atoms with van der Waals surface area (Å²) in [5, 5.41) is 24.2. The van der Waals surface area contributed by atoms with Crippen molar-refractivity contribution in [2.24, 2.45) is 0 Å². The van der Waals surface area contributed by atoms with Gasteiger partial charge in [-0.1, -0.05) is 0 Å². The predicted molar refractivity (Wildman–Crippen MR) is 56.2 cm³/mol. The predicted octanol–water partition coefficient (Wildman–Crippen LogP) is -1.99. The van der Waals surface area contributed by atoms with Gasteiger partial charge in [-0.25, -0.2) is 9.59 Å². The minimum atomic E-state index is -1.65. The summed E-state index contributed by atoms with van der Waals surface area (Å²) in [5.74, 6) is -1.71. The number of aliphatic carboxylic acids is 1. The molecule has 0 aromatic rings. The van der Waals surface area contributed by atoms with Crippen LogP contribution in [0.4, 0.5) is 4.79 Å². The van der Waals surface area contributed by atoms with Gasteiger partial charge in [0.1, 0.15) is 0 Å². The molecule has 1 saturated carbocycles. The van der Waals surface area contributed by atoms with Crippen LogP contribution in [0.15, 0.2) is 0 Å². The lowest BCUT2D eigenvalue weighted by Gasteiger charge is -2.09. The Kier molecular flexibility index (Phi) is 4.70. The topological polar surface area (TPSA) is 128 Å². The third kappa shape index (κ3) is 5.71. The summed E-state index contributed by atoms with van der Waals surface area (Å²) in [6.45, 7) is -0.586. The first-order valence-corrected chi connectivity index (χ1v) is 5.21. The fourth-order valence-corrected chi connectivity index (χ4v) is 1.01. The van der Waals surface area contributed by atoms with E-state index in [0.717, 1.165) is 12.8 Å². The summed E-state index contributed by atoms with van der Waals surface area (Å²) in [4.78, 5) is 32.4. The first-order chi connectivity index (χ1) is 7.99. The number of aliphatic hydroxyl groups excluding tert-OH is 1. The van der Waals surface area contributed by atoms with Crippen LogP contribution in [0.1, 0.15) is 12.8 Å². The van der Waals surface area contributed by atoms with Crippen LogP contribution in [0.5, 0.6) is 0 Å². The molecule has 1 atom stereocenters. The summed E-state index contributed by atoms with van der Waals surface area (Å²) in [5.41, 5.74) is 0. The van der Waals surface area contributed by atoms with Gasteiger partial charge in [0.05, 0.1) is 13.1 Å². The second kappa shape index (κ2) is 6.04. The van der Waals surface area contributed by atoms with E-state index < -0.39 is 24.6 Å². The number of nitrogens with one attached hydrogen (secondary N) is 3. The maximum absolute atomic E-state index is 11.1. The quantitative estimate of drug-likeness (QED) is 0.370. The Morgan fingerprint density at radius 3 is 2.41 bits per heavy atom. The molecule has 0 saturated heterocycles. The SMILES string of the molecule is O=C(CNC(=O)NC[C@H](O)C(=O)O)NC1CC1. The van der Waals surface area contributed by atoms with Gasteiger partial charge in [0.2, 0.25) is 5.91 Å². The number of carbonyl (C=O) groups is 3. The molecule has 5 N–H and O–H groups in total. The molecule has 0 heterocycles. The summed E-state index contributed by atoms with van der Waals surface area (Å²) < 4.78 is 0. The molecule has 0 aromatic carbocycles. The van der Waals surface area contributed by atoms with E-state index in [9.17, 15) is 14.4 Å². The number of hydrogen-bond acceptors (Lipinski definition) is 4. The van der Waals surface area contributed by atoms with Crippen molar-refractivity contribution in [1.82, 2.24) is 16.0 Å². The lowest BCUT2D eigenvalue weighted by Crippen LogP contribution is -2.45. The second-order valence-electron chi connectivity index (χ2n) is 3.76. The summed E-state index contributed by atoms with van der Waals surface area (Å²) in [7, 11) is 0. The van der Waals surface area contributed by atoms with Crippen LogP contribution in [0, 0.1) is 0 Å². The van der Waals surface area contributed by atoms with E-state index in [1.54, 1.807) is 0 Å². The van der Waals surface area contributed by atoms with Gasteiger partial charge in [-0.05, 0) is 12.8 Å². The molecule has 1 aliphatic rings. The highest BCUT2D eigenvalue weighted by atomic mass is 16.4. The molecule has 3 amide bonds. The molecule has 0 spiro atoms. The van der Waals surface area contributed by atoms with Gasteiger partial charge in [-0.15, -0.1) is 0 Å². The molecular weight excluding hydrogens is 230 g/mol. The molecule has 8 nitrogen and oxygen atoms in total. The van der Waals surface area contributed by atoms with Crippen LogP contribution < -0.4 is 16.0 Å². The molecule has 8 heteroatoms. The van der Waals surface area contributed by atoms with Gasteiger partial charge < -0.3 is 26.2 Å². The Labute approximate surface area is 97.4 Å². The summed E-state index contributed by atoms with van der Waals surface area (Å²) >= 11 is 0. The zero-order valence-corrected chi connectivity index (χ0v) is 9.10. The van der Waals surface area contributed by atoms with Gasteiger partial charge in [-0.2, -0.15) is 0 Å². The van der Waals surface area contributed by atoms with E-state index in [-0.39, 0.29) is 18.5 Å². The fourth-order valence-electron chi connectivity index (χ4n) is 1.01. The monoisotopic (exact) mass is 245 g/mol. The lowest BCUT2D eigenvalue weighted by atomic mass is 10.4. The average molecular weight is 245 g/mol. The van der Waals surface area contributed by atoms with Crippen LogP contribution in [-0.2, 0) is 9.59 Å². The Bertz CT molecular complexity index is 316. The molecule has 0 aliphatic heterocycles. The molecule has 1 fully saturated rings. The Morgan fingerprint density at radius 1 is 1.24 bits per heavy atom. The number of carboxylic acids is 1. The van der Waals surface area contributed by atoms with E-state index in [4.69, 9.17) is 10.2 Å². The van der Waals surface area contributed by atoms with Crippen molar-refractivity contribution in [3.8, 4) is 0 Å². The molecule has 0 unspecified atom stereocenters. The van der Waals surface area contributed by atoms with Gasteiger partial charge in [0.25, 0.3) is 0 Å². The number of carbonyl (C=O) groups excluding carboxylic acids is 2. The summed E-state index contributed by atoms with van der Waals surface area (Å²) in [6, 6.07) is -0.475. The van der Waals surface area contributed by atoms with Crippen molar-refractivity contribution in [2.75, 3.05) is 13.1 Å². The van der Waals surface area contributed by atoms with E-state index in [2.05, 4.69) is 16.0 Å². The minimum absolute atomic E-state index is 0.175. The van der Waals surface area contributed by atoms with Crippen LogP contribution in [-0.4, -0.2) is 53.4 Å². The van der Waals surface area contributed by atoms with Crippen molar-refractivity contribution in [3.63, 3.8) is 0 Å². The van der Waals surface area contributed by atoms with E-state index >= 15 is 0 Å². The van der Waals surface area contributed by atoms with Crippen molar-refractivity contribution in [1.29, 1.82) is 0 Å². The second-order valence-corrected chi connectivity index (χ2v) is 3.76. The molecule has 1 rings (SSSR count). The summed E-state index contributed by atoms with van der Waals surface area (Å²) in [6.07, 6.45) is 0.270. The highest BCUT2D eigenvalue weighted by Gasteiger charge is 2.23. The zero-order chi connectivity index (χ0) is 12.8. The first-order valence-electron chi connectivity index (χ1n) is 5.21. The third-order valence-corrected chi connectivity index (χ3v) is 2.09. The third-order valence-electron chi connectivity index (χ3n) is 2.09. The molecular formula is C9H15N3O5. The van der Waals surface area contributed by atoms with Gasteiger partial charge >= 0.3 is 12.0 Å². The maximum Gasteiger partial charge on any atom is 0.334 e.